The summed E-state index contributed by atoms with van der Waals surface area (Å²) in [4.78, 5) is 11.4. The van der Waals surface area contributed by atoms with Crippen molar-refractivity contribution in [1.82, 2.24) is 15.1 Å². The van der Waals surface area contributed by atoms with Crippen molar-refractivity contribution in [3.8, 4) is 5.75 Å². The standard InChI is InChI=1S/C21H26FN5O2/c1-20(2)11-27(6-7-28-20)18-10-16(23-12-24-18)19-13-8-17(29-21(3)4-5-21)14(22)9-15(13)25-26-19/h8-9,12,18H,4-7,10-11H2,1-3H3,(H,25,26). The van der Waals surface area contributed by atoms with Gasteiger partial charge in [-0.2, -0.15) is 5.10 Å². The maximum absolute atomic E-state index is 14.5. The minimum absolute atomic E-state index is 0.000955. The van der Waals surface area contributed by atoms with E-state index in [2.05, 4.69) is 38.9 Å². The van der Waals surface area contributed by atoms with Crippen LogP contribution in [0.3, 0.4) is 0 Å². The summed E-state index contributed by atoms with van der Waals surface area (Å²) in [7, 11) is 0. The molecule has 1 N–H and O–H groups in total. The molecule has 8 heteroatoms. The molecule has 1 aromatic heterocycles. The molecule has 0 radical (unpaired) electrons. The van der Waals surface area contributed by atoms with Crippen molar-refractivity contribution >= 4 is 23.0 Å². The van der Waals surface area contributed by atoms with Crippen LogP contribution in [0.1, 0.15) is 45.7 Å². The van der Waals surface area contributed by atoms with Gasteiger partial charge < -0.3 is 9.47 Å². The van der Waals surface area contributed by atoms with E-state index in [0.717, 1.165) is 42.7 Å². The van der Waals surface area contributed by atoms with E-state index in [1.54, 1.807) is 12.4 Å². The van der Waals surface area contributed by atoms with Gasteiger partial charge in [-0.25, -0.2) is 9.38 Å². The SMILES string of the molecule is CC1(C)CN(C2CC(c3n[nH]c4cc(F)c(OC5(C)CC5)cc34)=NC=N2)CCO1. The number of hydrogen-bond acceptors (Lipinski definition) is 6. The number of aromatic amines is 1. The Labute approximate surface area is 169 Å². The first-order valence-electron chi connectivity index (χ1n) is 10.2. The minimum atomic E-state index is -0.374. The Morgan fingerprint density at radius 1 is 1.28 bits per heavy atom. The fourth-order valence-corrected chi connectivity index (χ4v) is 4.01. The molecule has 7 nitrogen and oxygen atoms in total. The third-order valence-corrected chi connectivity index (χ3v) is 5.90. The number of ether oxygens (including phenoxy) is 2. The maximum Gasteiger partial charge on any atom is 0.167 e. The highest BCUT2D eigenvalue weighted by Gasteiger charge is 2.41. The number of nitrogens with one attached hydrogen (secondary N) is 1. The van der Waals surface area contributed by atoms with Crippen LogP contribution in [0.25, 0.3) is 10.9 Å². The average Bonchev–Trinajstić information content (AvgIpc) is 3.27. The van der Waals surface area contributed by atoms with Gasteiger partial charge in [0.2, 0.25) is 0 Å². The van der Waals surface area contributed by atoms with Crippen molar-refractivity contribution in [2.24, 2.45) is 9.98 Å². The number of benzene rings is 1. The van der Waals surface area contributed by atoms with E-state index in [9.17, 15) is 4.39 Å². The van der Waals surface area contributed by atoms with Crippen LogP contribution in [0.2, 0.25) is 0 Å². The van der Waals surface area contributed by atoms with Gasteiger partial charge in [-0.15, -0.1) is 0 Å². The lowest BCUT2D eigenvalue weighted by atomic mass is 10.0. The maximum atomic E-state index is 14.5. The molecular formula is C21H26FN5O2. The van der Waals surface area contributed by atoms with E-state index in [-0.39, 0.29) is 28.9 Å². The summed E-state index contributed by atoms with van der Waals surface area (Å²) in [6.45, 7) is 8.53. The number of aliphatic imine (C=N–C) groups is 2. The number of aromatic nitrogens is 2. The van der Waals surface area contributed by atoms with Gasteiger partial charge in [0.25, 0.3) is 0 Å². The second-order valence-electron chi connectivity index (χ2n) is 9.06. The van der Waals surface area contributed by atoms with Crippen LogP contribution >= 0.6 is 0 Å². The summed E-state index contributed by atoms with van der Waals surface area (Å²) in [6.07, 6.45) is 4.16. The molecule has 1 aliphatic carbocycles. The third-order valence-electron chi connectivity index (χ3n) is 5.90. The van der Waals surface area contributed by atoms with Crippen LogP contribution in [0, 0.1) is 5.82 Å². The predicted molar refractivity (Wildman–Crippen MR) is 109 cm³/mol. The number of halogens is 1. The number of morpholine rings is 1. The number of rotatable bonds is 4. The fraction of sp³-hybridized carbons (Fsp3) is 0.571. The van der Waals surface area contributed by atoms with Crippen molar-refractivity contribution in [1.29, 1.82) is 0 Å². The lowest BCUT2D eigenvalue weighted by Gasteiger charge is -2.41. The molecular weight excluding hydrogens is 373 g/mol. The van der Waals surface area contributed by atoms with Gasteiger partial charge in [-0.1, -0.05) is 0 Å². The largest absolute Gasteiger partial charge is 0.484 e. The van der Waals surface area contributed by atoms with E-state index < -0.39 is 0 Å². The quantitative estimate of drug-likeness (QED) is 0.856. The van der Waals surface area contributed by atoms with Crippen LogP contribution in [0.5, 0.6) is 5.75 Å². The zero-order valence-electron chi connectivity index (χ0n) is 17.0. The Kier molecular flexibility index (Phi) is 4.25. The molecule has 2 fully saturated rings. The number of H-pyrrole nitrogens is 1. The highest BCUT2D eigenvalue weighted by molar-refractivity contribution is 6.12. The molecule has 2 aromatic rings. The summed E-state index contributed by atoms with van der Waals surface area (Å²) < 4.78 is 26.2. The average molecular weight is 399 g/mol. The second kappa shape index (κ2) is 6.60. The summed E-state index contributed by atoms with van der Waals surface area (Å²) in [5.41, 5.74) is 1.77. The Morgan fingerprint density at radius 2 is 2.10 bits per heavy atom. The van der Waals surface area contributed by atoms with Crippen molar-refractivity contribution in [3.05, 3.63) is 23.6 Å². The zero-order chi connectivity index (χ0) is 20.2. The number of fused-ring (bicyclic) bond motifs is 1. The topological polar surface area (TPSA) is 75.1 Å². The molecule has 1 saturated carbocycles. The minimum Gasteiger partial charge on any atom is -0.484 e. The van der Waals surface area contributed by atoms with E-state index in [1.165, 1.54) is 6.07 Å². The van der Waals surface area contributed by atoms with Crippen LogP contribution in [-0.4, -0.2) is 64.2 Å². The Balaban J connectivity index is 1.42. The Bertz CT molecular complexity index is 1010. The van der Waals surface area contributed by atoms with Gasteiger partial charge in [0.05, 0.1) is 23.4 Å². The van der Waals surface area contributed by atoms with Crippen molar-refractivity contribution < 1.29 is 13.9 Å². The Morgan fingerprint density at radius 3 is 2.86 bits per heavy atom. The molecule has 154 valence electrons. The van der Waals surface area contributed by atoms with Gasteiger partial charge in [-0.3, -0.25) is 15.0 Å². The predicted octanol–water partition coefficient (Wildman–Crippen LogP) is 3.29. The molecule has 0 spiro atoms. The molecule has 29 heavy (non-hydrogen) atoms. The van der Waals surface area contributed by atoms with Gasteiger partial charge in [0.15, 0.2) is 11.6 Å². The second-order valence-corrected chi connectivity index (χ2v) is 9.06. The molecule has 0 amide bonds. The smallest absolute Gasteiger partial charge is 0.167 e. The third kappa shape index (κ3) is 3.67. The molecule has 5 rings (SSSR count). The van der Waals surface area contributed by atoms with Gasteiger partial charge >= 0.3 is 0 Å². The lowest BCUT2D eigenvalue weighted by molar-refractivity contribution is -0.0956. The number of nitrogens with zero attached hydrogens (tertiary/aromatic N) is 4. The van der Waals surface area contributed by atoms with Crippen LogP contribution in [-0.2, 0) is 4.74 Å². The Hall–Kier alpha value is -2.32. The van der Waals surface area contributed by atoms with Crippen molar-refractivity contribution in [3.63, 3.8) is 0 Å². The van der Waals surface area contributed by atoms with E-state index >= 15 is 0 Å². The summed E-state index contributed by atoms with van der Waals surface area (Å²) in [5.74, 6) is -0.0990. The normalized spacial score (nSPS) is 25.8. The van der Waals surface area contributed by atoms with Gasteiger partial charge in [0.1, 0.15) is 23.8 Å². The van der Waals surface area contributed by atoms with E-state index in [1.807, 2.05) is 6.92 Å². The highest BCUT2D eigenvalue weighted by atomic mass is 19.1. The lowest BCUT2D eigenvalue weighted by Crippen LogP contribution is -2.52. The first-order valence-corrected chi connectivity index (χ1v) is 10.2. The fourth-order valence-electron chi connectivity index (χ4n) is 4.01. The molecule has 1 aromatic carbocycles. The zero-order valence-corrected chi connectivity index (χ0v) is 17.0. The first kappa shape index (κ1) is 18.7. The van der Waals surface area contributed by atoms with Gasteiger partial charge in [0, 0.05) is 31.0 Å². The summed E-state index contributed by atoms with van der Waals surface area (Å²) >= 11 is 0. The van der Waals surface area contributed by atoms with Gasteiger partial charge in [-0.05, 0) is 39.7 Å². The highest BCUT2D eigenvalue weighted by Crippen LogP contribution is 2.41. The molecule has 1 atom stereocenters. The molecule has 1 unspecified atom stereocenters. The van der Waals surface area contributed by atoms with E-state index in [0.29, 0.717) is 18.5 Å². The van der Waals surface area contributed by atoms with Crippen LogP contribution in [0.4, 0.5) is 4.39 Å². The van der Waals surface area contributed by atoms with Crippen LogP contribution < -0.4 is 4.74 Å². The number of hydrogen-bond donors (Lipinski definition) is 1. The molecule has 2 aliphatic heterocycles. The molecule has 3 heterocycles. The van der Waals surface area contributed by atoms with Crippen molar-refractivity contribution in [2.45, 2.75) is 57.4 Å². The molecule has 0 bridgehead atoms. The first-order chi connectivity index (χ1) is 13.8. The van der Waals surface area contributed by atoms with Crippen molar-refractivity contribution in [2.75, 3.05) is 19.7 Å². The summed E-state index contributed by atoms with van der Waals surface area (Å²) in [6, 6.07) is 3.19. The van der Waals surface area contributed by atoms with E-state index in [4.69, 9.17) is 9.47 Å². The molecule has 1 saturated heterocycles. The summed E-state index contributed by atoms with van der Waals surface area (Å²) in [5, 5.41) is 8.19. The van der Waals surface area contributed by atoms with Crippen LogP contribution in [0.15, 0.2) is 22.1 Å². The monoisotopic (exact) mass is 399 g/mol. The molecule has 3 aliphatic rings.